The Kier molecular flexibility index (Phi) is 4.76. The van der Waals surface area contributed by atoms with E-state index in [0.717, 1.165) is 16.6 Å². The quantitative estimate of drug-likeness (QED) is 0.493. The highest BCUT2D eigenvalue weighted by molar-refractivity contribution is 6.19. The summed E-state index contributed by atoms with van der Waals surface area (Å²) in [4.78, 5) is 18.3. The molecule has 0 saturated carbocycles. The number of aromatic nitrogens is 3. The maximum Gasteiger partial charge on any atom is 0.197 e. The van der Waals surface area contributed by atoms with Crippen LogP contribution < -0.4 is 10.1 Å². The van der Waals surface area contributed by atoms with Gasteiger partial charge in [0.25, 0.3) is 0 Å². The van der Waals surface area contributed by atoms with Crippen LogP contribution in [-0.2, 0) is 0 Å². The molecule has 0 amide bonds. The van der Waals surface area contributed by atoms with Gasteiger partial charge in [0.1, 0.15) is 5.75 Å². The van der Waals surface area contributed by atoms with E-state index in [1.807, 2.05) is 37.3 Å². The van der Waals surface area contributed by atoms with E-state index in [2.05, 4.69) is 15.5 Å². The number of carbonyl (C=O) groups excluding carboxylic acids is 1. The van der Waals surface area contributed by atoms with E-state index in [1.54, 1.807) is 37.6 Å². The molecule has 2 aromatic carbocycles. The number of nitrogens with zero attached hydrogens (tertiary/aromatic N) is 2. The number of hydrogen-bond donors (Lipinski definition) is 2. The molecule has 0 aliphatic carbocycles. The second-order valence-corrected chi connectivity index (χ2v) is 6.30. The number of hydrogen-bond acceptors (Lipinski definition) is 5. The lowest BCUT2D eigenvalue weighted by atomic mass is 9.95. The largest absolute Gasteiger partial charge is 0.497 e. The molecule has 0 saturated heterocycles. The number of benzene rings is 2. The Hall–Kier alpha value is -3.67. The summed E-state index contributed by atoms with van der Waals surface area (Å²) in [6, 6.07) is 16.8. The molecule has 2 heterocycles. The molecule has 140 valence electrons. The first-order chi connectivity index (χ1) is 13.7. The molecule has 0 atom stereocenters. The molecule has 0 radical (unpaired) electrons. The molecule has 0 aliphatic heterocycles. The highest BCUT2D eigenvalue weighted by Gasteiger charge is 2.24. The van der Waals surface area contributed by atoms with Crippen LogP contribution in [0, 0.1) is 0 Å². The molecule has 0 fully saturated rings. The second kappa shape index (κ2) is 7.52. The number of fused-ring (bicyclic) bond motifs is 1. The monoisotopic (exact) mass is 372 g/mol. The molecule has 2 N–H and O–H groups in total. The average Bonchev–Trinajstić information content (AvgIpc) is 3.22. The zero-order chi connectivity index (χ0) is 19.5. The van der Waals surface area contributed by atoms with Crippen molar-refractivity contribution in [1.82, 2.24) is 15.2 Å². The average molecular weight is 372 g/mol. The van der Waals surface area contributed by atoms with E-state index in [1.165, 1.54) is 0 Å². The van der Waals surface area contributed by atoms with Gasteiger partial charge in [-0.2, -0.15) is 5.10 Å². The van der Waals surface area contributed by atoms with Gasteiger partial charge < -0.3 is 10.1 Å². The summed E-state index contributed by atoms with van der Waals surface area (Å²) in [5.74, 6) is 0.600. The third kappa shape index (κ3) is 3.09. The Morgan fingerprint density at radius 2 is 1.86 bits per heavy atom. The predicted molar refractivity (Wildman–Crippen MR) is 110 cm³/mol. The number of anilines is 1. The maximum absolute atomic E-state index is 13.5. The number of pyridine rings is 1. The van der Waals surface area contributed by atoms with E-state index < -0.39 is 0 Å². The lowest BCUT2D eigenvalue weighted by Gasteiger charge is -2.16. The number of rotatable bonds is 6. The summed E-state index contributed by atoms with van der Waals surface area (Å²) in [5, 5.41) is 11.2. The number of methoxy groups -OCH3 is 1. The zero-order valence-electron chi connectivity index (χ0n) is 15.7. The predicted octanol–water partition coefficient (Wildman–Crippen LogP) is 4.30. The smallest absolute Gasteiger partial charge is 0.197 e. The second-order valence-electron chi connectivity index (χ2n) is 6.30. The Balaban J connectivity index is 1.98. The molecule has 0 unspecified atom stereocenters. The summed E-state index contributed by atoms with van der Waals surface area (Å²) in [5.41, 5.74) is 3.97. The molecular weight excluding hydrogens is 352 g/mol. The fraction of sp³-hybridized carbons (Fsp3) is 0.136. The van der Waals surface area contributed by atoms with Crippen LogP contribution in [0.3, 0.4) is 0 Å². The highest BCUT2D eigenvalue weighted by Crippen LogP contribution is 2.35. The molecule has 6 nitrogen and oxygen atoms in total. The van der Waals surface area contributed by atoms with Crippen molar-refractivity contribution in [2.45, 2.75) is 6.92 Å². The number of aromatic amines is 1. The van der Waals surface area contributed by atoms with E-state index in [4.69, 9.17) is 9.72 Å². The van der Waals surface area contributed by atoms with Crippen molar-refractivity contribution in [1.29, 1.82) is 0 Å². The zero-order valence-corrected chi connectivity index (χ0v) is 15.7. The standard InChI is InChI=1S/C22H20N4O2/c1-3-23-20-17-13-24-26-22(17)25-19(14-7-5-4-6-8-14)18(20)21(27)15-9-11-16(28-2)12-10-15/h4-13H,3H2,1-2H3,(H2,23,24,25,26). The number of H-pyrrole nitrogens is 1. The van der Waals surface area contributed by atoms with E-state index in [9.17, 15) is 4.79 Å². The summed E-state index contributed by atoms with van der Waals surface area (Å²) in [7, 11) is 1.60. The van der Waals surface area contributed by atoms with Crippen molar-refractivity contribution in [3.05, 3.63) is 71.9 Å². The number of nitrogens with one attached hydrogen (secondary N) is 2. The Morgan fingerprint density at radius 1 is 1.11 bits per heavy atom. The van der Waals surface area contributed by atoms with Gasteiger partial charge in [-0.05, 0) is 31.2 Å². The number of ketones is 1. The van der Waals surface area contributed by atoms with Gasteiger partial charge in [-0.1, -0.05) is 30.3 Å². The van der Waals surface area contributed by atoms with Crippen LogP contribution in [-0.4, -0.2) is 34.6 Å². The highest BCUT2D eigenvalue weighted by atomic mass is 16.5. The van der Waals surface area contributed by atoms with Crippen LogP contribution in [0.15, 0.2) is 60.8 Å². The van der Waals surface area contributed by atoms with Gasteiger partial charge in [0.2, 0.25) is 0 Å². The first kappa shape index (κ1) is 17.7. The van der Waals surface area contributed by atoms with Crippen molar-refractivity contribution >= 4 is 22.5 Å². The minimum absolute atomic E-state index is 0.104. The molecule has 0 spiro atoms. The maximum atomic E-state index is 13.5. The number of carbonyl (C=O) groups is 1. The fourth-order valence-corrected chi connectivity index (χ4v) is 3.24. The van der Waals surface area contributed by atoms with Crippen LogP contribution in [0.25, 0.3) is 22.3 Å². The lowest BCUT2D eigenvalue weighted by Crippen LogP contribution is -2.11. The van der Waals surface area contributed by atoms with Crippen molar-refractivity contribution in [2.24, 2.45) is 0 Å². The molecule has 4 rings (SSSR count). The van der Waals surface area contributed by atoms with Crippen molar-refractivity contribution in [3.63, 3.8) is 0 Å². The van der Waals surface area contributed by atoms with Crippen molar-refractivity contribution < 1.29 is 9.53 Å². The Bertz CT molecular complexity index is 1120. The van der Waals surface area contributed by atoms with Crippen LogP contribution >= 0.6 is 0 Å². The molecule has 6 heteroatoms. The third-order valence-corrected chi connectivity index (χ3v) is 4.58. The first-order valence-electron chi connectivity index (χ1n) is 9.08. The molecule has 0 aliphatic rings. The summed E-state index contributed by atoms with van der Waals surface area (Å²) in [6.45, 7) is 2.66. The van der Waals surface area contributed by atoms with E-state index in [-0.39, 0.29) is 5.78 Å². The summed E-state index contributed by atoms with van der Waals surface area (Å²) in [6.07, 6.45) is 1.69. The normalized spacial score (nSPS) is 10.8. The van der Waals surface area contributed by atoms with Gasteiger partial charge in [-0.25, -0.2) is 4.98 Å². The van der Waals surface area contributed by atoms with E-state index in [0.29, 0.717) is 34.8 Å². The van der Waals surface area contributed by atoms with Crippen LogP contribution in [0.5, 0.6) is 5.75 Å². The van der Waals surface area contributed by atoms with Gasteiger partial charge in [-0.3, -0.25) is 9.89 Å². The van der Waals surface area contributed by atoms with Gasteiger partial charge >= 0.3 is 0 Å². The lowest BCUT2D eigenvalue weighted by molar-refractivity contribution is 0.104. The van der Waals surface area contributed by atoms with Crippen molar-refractivity contribution in [2.75, 3.05) is 19.0 Å². The first-order valence-corrected chi connectivity index (χ1v) is 9.08. The SMILES string of the molecule is CCNc1c(C(=O)c2ccc(OC)cc2)c(-c2ccccc2)nc2[nH]ncc12. The Morgan fingerprint density at radius 3 is 2.54 bits per heavy atom. The van der Waals surface area contributed by atoms with Crippen LogP contribution in [0.4, 0.5) is 5.69 Å². The van der Waals surface area contributed by atoms with Gasteiger partial charge in [0, 0.05) is 17.7 Å². The number of ether oxygens (including phenoxy) is 1. The third-order valence-electron chi connectivity index (χ3n) is 4.58. The van der Waals surface area contributed by atoms with Crippen LogP contribution in [0.2, 0.25) is 0 Å². The Labute approximate surface area is 162 Å². The molecular formula is C22H20N4O2. The molecule has 0 bridgehead atoms. The minimum atomic E-state index is -0.104. The summed E-state index contributed by atoms with van der Waals surface area (Å²) < 4.78 is 5.21. The van der Waals surface area contributed by atoms with E-state index >= 15 is 0 Å². The molecule has 2 aromatic heterocycles. The van der Waals surface area contributed by atoms with Crippen LogP contribution in [0.1, 0.15) is 22.8 Å². The van der Waals surface area contributed by atoms with Gasteiger partial charge in [-0.15, -0.1) is 0 Å². The van der Waals surface area contributed by atoms with Gasteiger partial charge in [0.05, 0.1) is 35.6 Å². The summed E-state index contributed by atoms with van der Waals surface area (Å²) >= 11 is 0. The van der Waals surface area contributed by atoms with Crippen molar-refractivity contribution in [3.8, 4) is 17.0 Å². The molecule has 28 heavy (non-hydrogen) atoms. The minimum Gasteiger partial charge on any atom is -0.497 e. The molecule has 4 aromatic rings. The topological polar surface area (TPSA) is 79.9 Å². The fourth-order valence-electron chi connectivity index (χ4n) is 3.24. The van der Waals surface area contributed by atoms with Gasteiger partial charge in [0.15, 0.2) is 11.4 Å².